The predicted octanol–water partition coefficient (Wildman–Crippen LogP) is 4.94. The van der Waals surface area contributed by atoms with E-state index >= 15 is 0 Å². The van der Waals surface area contributed by atoms with Crippen molar-refractivity contribution in [3.63, 3.8) is 0 Å². The minimum atomic E-state index is -0.161. The second kappa shape index (κ2) is 6.20. The molecule has 0 aliphatic heterocycles. The molecule has 0 spiro atoms. The summed E-state index contributed by atoms with van der Waals surface area (Å²) in [6.07, 6.45) is 0.934. The molecule has 2 rings (SSSR count). The van der Waals surface area contributed by atoms with Crippen LogP contribution in [0.3, 0.4) is 0 Å². The van der Waals surface area contributed by atoms with Crippen LogP contribution in [0.4, 0.5) is 10.1 Å². The van der Waals surface area contributed by atoms with E-state index in [0.717, 1.165) is 16.6 Å². The lowest BCUT2D eigenvalue weighted by molar-refractivity contribution is 0.618. The van der Waals surface area contributed by atoms with E-state index in [4.69, 9.17) is 0 Å². The molecule has 2 aromatic carbocycles. The molecule has 0 saturated heterocycles. The van der Waals surface area contributed by atoms with Crippen LogP contribution in [-0.4, -0.2) is 6.04 Å². The highest BCUT2D eigenvalue weighted by Crippen LogP contribution is 2.17. The van der Waals surface area contributed by atoms with E-state index in [1.807, 2.05) is 18.2 Å². The van der Waals surface area contributed by atoms with Crippen molar-refractivity contribution in [2.24, 2.45) is 0 Å². The summed E-state index contributed by atoms with van der Waals surface area (Å²) in [5.41, 5.74) is 2.91. The largest absolute Gasteiger partial charge is 0.382 e. The topological polar surface area (TPSA) is 12.0 Å². The number of benzene rings is 2. The summed E-state index contributed by atoms with van der Waals surface area (Å²) in [5.74, 6) is -0.161. The Kier molecular flexibility index (Phi) is 4.59. The molecule has 0 aliphatic carbocycles. The zero-order valence-electron chi connectivity index (χ0n) is 11.1. The number of halogens is 2. The number of aryl methyl sites for hydroxylation is 1. The maximum absolute atomic E-state index is 13.2. The third-order valence-electron chi connectivity index (χ3n) is 3.03. The standard InChI is InChI=1S/C16H17BrFN/c1-11-9-15(7-8-16(11)18)19-12(2)10-13-3-5-14(17)6-4-13/h3-9,12,19H,10H2,1-2H3. The van der Waals surface area contributed by atoms with Crippen LogP contribution in [0.5, 0.6) is 0 Å². The lowest BCUT2D eigenvalue weighted by Gasteiger charge is -2.16. The zero-order valence-corrected chi connectivity index (χ0v) is 12.7. The molecule has 19 heavy (non-hydrogen) atoms. The Balaban J connectivity index is 1.98. The molecule has 0 fully saturated rings. The van der Waals surface area contributed by atoms with E-state index in [1.54, 1.807) is 13.0 Å². The van der Waals surface area contributed by atoms with Crippen molar-refractivity contribution in [1.82, 2.24) is 0 Å². The summed E-state index contributed by atoms with van der Waals surface area (Å²) >= 11 is 3.43. The van der Waals surface area contributed by atoms with Crippen LogP contribution in [0.2, 0.25) is 0 Å². The lowest BCUT2D eigenvalue weighted by Crippen LogP contribution is -2.18. The van der Waals surface area contributed by atoms with Crippen LogP contribution in [-0.2, 0) is 6.42 Å². The van der Waals surface area contributed by atoms with Crippen LogP contribution in [0.15, 0.2) is 46.9 Å². The monoisotopic (exact) mass is 321 g/mol. The van der Waals surface area contributed by atoms with Crippen LogP contribution in [0.1, 0.15) is 18.1 Å². The number of anilines is 1. The number of rotatable bonds is 4. The first-order valence-corrected chi connectivity index (χ1v) is 7.11. The van der Waals surface area contributed by atoms with Gasteiger partial charge in [0.05, 0.1) is 0 Å². The van der Waals surface area contributed by atoms with Crippen molar-refractivity contribution in [2.75, 3.05) is 5.32 Å². The number of nitrogens with one attached hydrogen (secondary N) is 1. The number of hydrogen-bond acceptors (Lipinski definition) is 1. The minimum absolute atomic E-state index is 0.161. The van der Waals surface area contributed by atoms with Crippen molar-refractivity contribution < 1.29 is 4.39 Å². The summed E-state index contributed by atoms with van der Waals surface area (Å²) < 4.78 is 14.3. The van der Waals surface area contributed by atoms with Gasteiger partial charge in [0.1, 0.15) is 5.82 Å². The Morgan fingerprint density at radius 1 is 1.16 bits per heavy atom. The van der Waals surface area contributed by atoms with Gasteiger partial charge in [-0.1, -0.05) is 28.1 Å². The van der Waals surface area contributed by atoms with E-state index in [-0.39, 0.29) is 5.82 Å². The molecule has 0 aliphatic rings. The first kappa shape index (κ1) is 14.1. The molecule has 1 unspecified atom stereocenters. The van der Waals surface area contributed by atoms with Gasteiger partial charge in [-0.25, -0.2) is 4.39 Å². The smallest absolute Gasteiger partial charge is 0.126 e. The van der Waals surface area contributed by atoms with Crippen LogP contribution < -0.4 is 5.32 Å². The molecule has 0 radical (unpaired) electrons. The molecule has 0 aromatic heterocycles. The van der Waals surface area contributed by atoms with E-state index in [0.29, 0.717) is 11.6 Å². The summed E-state index contributed by atoms with van der Waals surface area (Å²) in [6.45, 7) is 3.90. The van der Waals surface area contributed by atoms with Gasteiger partial charge in [0.15, 0.2) is 0 Å². The third kappa shape index (κ3) is 4.06. The third-order valence-corrected chi connectivity index (χ3v) is 3.55. The Morgan fingerprint density at radius 2 is 1.84 bits per heavy atom. The first-order valence-electron chi connectivity index (χ1n) is 6.32. The van der Waals surface area contributed by atoms with Gasteiger partial charge < -0.3 is 5.32 Å². The van der Waals surface area contributed by atoms with Gasteiger partial charge in [0.25, 0.3) is 0 Å². The van der Waals surface area contributed by atoms with Gasteiger partial charge in [-0.3, -0.25) is 0 Å². The van der Waals surface area contributed by atoms with E-state index < -0.39 is 0 Å². The van der Waals surface area contributed by atoms with Gasteiger partial charge >= 0.3 is 0 Å². The summed E-state index contributed by atoms with van der Waals surface area (Å²) in [7, 11) is 0. The fraction of sp³-hybridized carbons (Fsp3) is 0.250. The Bertz CT molecular complexity index is 551. The highest BCUT2D eigenvalue weighted by molar-refractivity contribution is 9.10. The SMILES string of the molecule is Cc1cc(NC(C)Cc2ccc(Br)cc2)ccc1F. The van der Waals surface area contributed by atoms with Crippen LogP contribution in [0, 0.1) is 12.7 Å². The van der Waals surface area contributed by atoms with Gasteiger partial charge in [0.2, 0.25) is 0 Å². The molecule has 1 atom stereocenters. The second-order valence-electron chi connectivity index (χ2n) is 4.84. The summed E-state index contributed by atoms with van der Waals surface area (Å²) in [4.78, 5) is 0. The summed E-state index contributed by atoms with van der Waals surface area (Å²) in [6, 6.07) is 13.7. The van der Waals surface area contributed by atoms with Gasteiger partial charge in [-0.15, -0.1) is 0 Å². The highest BCUT2D eigenvalue weighted by Gasteiger charge is 2.05. The number of hydrogen-bond donors (Lipinski definition) is 1. The summed E-state index contributed by atoms with van der Waals surface area (Å²) in [5, 5.41) is 3.39. The molecular formula is C16H17BrFN. The molecule has 0 amide bonds. The fourth-order valence-electron chi connectivity index (χ4n) is 2.04. The Hall–Kier alpha value is -1.35. The maximum Gasteiger partial charge on any atom is 0.126 e. The molecule has 1 nitrogen and oxygen atoms in total. The average Bonchev–Trinajstić information content (AvgIpc) is 2.37. The van der Waals surface area contributed by atoms with Crippen molar-refractivity contribution in [1.29, 1.82) is 0 Å². The normalized spacial score (nSPS) is 12.2. The maximum atomic E-state index is 13.2. The van der Waals surface area contributed by atoms with Crippen LogP contribution >= 0.6 is 15.9 Å². The van der Waals surface area contributed by atoms with E-state index in [1.165, 1.54) is 11.6 Å². The minimum Gasteiger partial charge on any atom is -0.382 e. The zero-order chi connectivity index (χ0) is 13.8. The van der Waals surface area contributed by atoms with Crippen molar-refractivity contribution in [3.8, 4) is 0 Å². The highest BCUT2D eigenvalue weighted by atomic mass is 79.9. The second-order valence-corrected chi connectivity index (χ2v) is 5.76. The fourth-order valence-corrected chi connectivity index (χ4v) is 2.31. The van der Waals surface area contributed by atoms with Gasteiger partial charge in [-0.2, -0.15) is 0 Å². The van der Waals surface area contributed by atoms with Gasteiger partial charge in [-0.05, 0) is 61.7 Å². The van der Waals surface area contributed by atoms with E-state index in [9.17, 15) is 4.39 Å². The Labute approximate surface area is 122 Å². The van der Waals surface area contributed by atoms with Crippen molar-refractivity contribution in [3.05, 3.63) is 63.9 Å². The quantitative estimate of drug-likeness (QED) is 0.841. The molecular weight excluding hydrogens is 305 g/mol. The molecule has 2 aromatic rings. The van der Waals surface area contributed by atoms with Crippen molar-refractivity contribution in [2.45, 2.75) is 26.3 Å². The predicted molar refractivity (Wildman–Crippen MR) is 82.1 cm³/mol. The molecule has 3 heteroatoms. The molecule has 1 N–H and O–H groups in total. The first-order chi connectivity index (χ1) is 9.04. The van der Waals surface area contributed by atoms with Gasteiger partial charge in [0, 0.05) is 16.2 Å². The molecule has 0 saturated carbocycles. The average molecular weight is 322 g/mol. The molecule has 0 bridgehead atoms. The Morgan fingerprint density at radius 3 is 2.47 bits per heavy atom. The van der Waals surface area contributed by atoms with E-state index in [2.05, 4.69) is 40.3 Å². The lowest BCUT2D eigenvalue weighted by atomic mass is 10.1. The molecule has 0 heterocycles. The molecule has 100 valence electrons. The van der Waals surface area contributed by atoms with Crippen LogP contribution in [0.25, 0.3) is 0 Å². The van der Waals surface area contributed by atoms with Crippen molar-refractivity contribution >= 4 is 21.6 Å².